The quantitative estimate of drug-likeness (QED) is 0.579. The highest BCUT2D eigenvalue weighted by molar-refractivity contribution is 9.10. The predicted octanol–water partition coefficient (Wildman–Crippen LogP) is 6.25. The van der Waals surface area contributed by atoms with Gasteiger partial charge in [0.15, 0.2) is 11.5 Å². The minimum Gasteiger partial charge on any atom is -0.493 e. The molecule has 1 N–H and O–H groups in total. The standard InChI is InChI=1S/C21H21BrClNO2/c1-11-7-8-16(23)18-13-5-4-6-14(13)20(24-19(11)18)12-9-15(22)21(26-3)17(10-12)25-2/h4-5,7-10,13-14,20,24H,6H2,1-3H3/t13-,14+,20+/m1/s1. The first kappa shape index (κ1) is 17.7. The van der Waals surface area contributed by atoms with E-state index in [0.29, 0.717) is 17.6 Å². The Kier molecular flexibility index (Phi) is 4.66. The van der Waals surface area contributed by atoms with Crippen molar-refractivity contribution >= 4 is 33.2 Å². The van der Waals surface area contributed by atoms with E-state index >= 15 is 0 Å². The van der Waals surface area contributed by atoms with Crippen LogP contribution in [0.4, 0.5) is 5.69 Å². The van der Waals surface area contributed by atoms with Crippen molar-refractivity contribution in [2.45, 2.75) is 25.3 Å². The lowest BCUT2D eigenvalue weighted by atomic mass is 9.76. The third-order valence-corrected chi connectivity index (χ3v) is 6.41. The van der Waals surface area contributed by atoms with Gasteiger partial charge in [-0.15, -0.1) is 0 Å². The SMILES string of the molecule is COc1cc([C@@H]2Nc3c(C)ccc(Cl)c3[C@@H]3C=CC[C@@H]32)cc(Br)c1OC. The van der Waals surface area contributed by atoms with Gasteiger partial charge in [0.05, 0.1) is 24.7 Å². The minimum atomic E-state index is 0.177. The van der Waals surface area contributed by atoms with Gasteiger partial charge in [-0.2, -0.15) is 0 Å². The summed E-state index contributed by atoms with van der Waals surface area (Å²) in [5, 5.41) is 4.61. The van der Waals surface area contributed by atoms with Crippen molar-refractivity contribution in [3.05, 3.63) is 62.6 Å². The number of hydrogen-bond donors (Lipinski definition) is 1. The second kappa shape index (κ2) is 6.82. The molecule has 0 spiro atoms. The molecule has 0 fully saturated rings. The van der Waals surface area contributed by atoms with Crippen LogP contribution >= 0.6 is 27.5 Å². The van der Waals surface area contributed by atoms with Crippen molar-refractivity contribution < 1.29 is 9.47 Å². The Morgan fingerprint density at radius 3 is 2.73 bits per heavy atom. The maximum atomic E-state index is 6.57. The Morgan fingerprint density at radius 2 is 2.00 bits per heavy atom. The summed E-state index contributed by atoms with van der Waals surface area (Å²) in [5.41, 5.74) is 4.77. The smallest absolute Gasteiger partial charge is 0.174 e. The Hall–Kier alpha value is -1.65. The van der Waals surface area contributed by atoms with E-state index in [9.17, 15) is 0 Å². The van der Waals surface area contributed by atoms with Gasteiger partial charge in [0, 0.05) is 22.2 Å². The highest BCUT2D eigenvalue weighted by atomic mass is 79.9. The van der Waals surface area contributed by atoms with E-state index in [-0.39, 0.29) is 6.04 Å². The molecule has 136 valence electrons. The van der Waals surface area contributed by atoms with Crippen LogP contribution in [0.3, 0.4) is 0 Å². The summed E-state index contributed by atoms with van der Waals surface area (Å²) in [5.74, 6) is 2.20. The summed E-state index contributed by atoms with van der Waals surface area (Å²) >= 11 is 10.2. The lowest BCUT2D eigenvalue weighted by Gasteiger charge is -2.39. The fraction of sp³-hybridized carbons (Fsp3) is 0.333. The van der Waals surface area contributed by atoms with E-state index in [1.807, 2.05) is 6.07 Å². The van der Waals surface area contributed by atoms with E-state index in [1.165, 1.54) is 16.7 Å². The molecule has 3 atom stereocenters. The van der Waals surface area contributed by atoms with Crippen LogP contribution in [0, 0.1) is 12.8 Å². The van der Waals surface area contributed by atoms with Crippen molar-refractivity contribution in [3.8, 4) is 11.5 Å². The van der Waals surface area contributed by atoms with Gasteiger partial charge >= 0.3 is 0 Å². The van der Waals surface area contributed by atoms with Gasteiger partial charge in [0.25, 0.3) is 0 Å². The molecule has 3 nitrogen and oxygen atoms in total. The topological polar surface area (TPSA) is 30.5 Å². The molecular formula is C21H21BrClNO2. The molecule has 2 aromatic carbocycles. The second-order valence-corrected chi connectivity index (χ2v) is 8.13. The van der Waals surface area contributed by atoms with Crippen LogP contribution in [0.25, 0.3) is 0 Å². The summed E-state index contributed by atoms with van der Waals surface area (Å²) in [6, 6.07) is 8.46. The molecule has 0 saturated heterocycles. The van der Waals surface area contributed by atoms with Crippen molar-refractivity contribution in [2.24, 2.45) is 5.92 Å². The Bertz CT molecular complexity index is 896. The number of allylic oxidation sites excluding steroid dienone is 2. The summed E-state index contributed by atoms with van der Waals surface area (Å²) in [4.78, 5) is 0. The van der Waals surface area contributed by atoms with Gasteiger partial charge in [-0.1, -0.05) is 29.8 Å². The second-order valence-electron chi connectivity index (χ2n) is 6.87. The zero-order valence-corrected chi connectivity index (χ0v) is 17.3. The van der Waals surface area contributed by atoms with Gasteiger partial charge in [-0.3, -0.25) is 0 Å². The van der Waals surface area contributed by atoms with Crippen LogP contribution in [0.1, 0.15) is 35.1 Å². The first-order valence-electron chi connectivity index (χ1n) is 8.68. The predicted molar refractivity (Wildman–Crippen MR) is 110 cm³/mol. The Morgan fingerprint density at radius 1 is 1.19 bits per heavy atom. The normalized spacial score (nSPS) is 23.2. The first-order chi connectivity index (χ1) is 12.5. The third kappa shape index (κ3) is 2.71. The van der Waals surface area contributed by atoms with E-state index in [2.05, 4.69) is 58.5 Å². The number of anilines is 1. The molecule has 0 bridgehead atoms. The van der Waals surface area contributed by atoms with Gasteiger partial charge in [-0.25, -0.2) is 0 Å². The van der Waals surface area contributed by atoms with Crippen LogP contribution in [-0.2, 0) is 0 Å². The Balaban J connectivity index is 1.84. The van der Waals surface area contributed by atoms with Crippen LogP contribution in [0.2, 0.25) is 5.02 Å². The number of hydrogen-bond acceptors (Lipinski definition) is 3. The van der Waals surface area contributed by atoms with Gasteiger partial charge in [-0.05, 0) is 64.5 Å². The fourth-order valence-electron chi connectivity index (χ4n) is 4.26. The highest BCUT2D eigenvalue weighted by Gasteiger charge is 2.40. The summed E-state index contributed by atoms with van der Waals surface area (Å²) < 4.78 is 11.9. The summed E-state index contributed by atoms with van der Waals surface area (Å²) in [7, 11) is 3.32. The van der Waals surface area contributed by atoms with Crippen LogP contribution in [-0.4, -0.2) is 14.2 Å². The maximum absolute atomic E-state index is 6.57. The number of nitrogens with one attached hydrogen (secondary N) is 1. The van der Waals surface area contributed by atoms with Crippen LogP contribution < -0.4 is 14.8 Å². The third-order valence-electron chi connectivity index (χ3n) is 5.49. The van der Waals surface area contributed by atoms with Crippen LogP contribution in [0.15, 0.2) is 40.9 Å². The number of aryl methyl sites for hydroxylation is 1. The molecule has 0 amide bonds. The molecule has 26 heavy (non-hydrogen) atoms. The molecule has 0 radical (unpaired) electrons. The molecule has 0 aromatic heterocycles. The van der Waals surface area contributed by atoms with E-state index in [0.717, 1.165) is 27.4 Å². The van der Waals surface area contributed by atoms with Gasteiger partial charge in [0.2, 0.25) is 0 Å². The van der Waals surface area contributed by atoms with Crippen molar-refractivity contribution in [3.63, 3.8) is 0 Å². The fourth-order valence-corrected chi connectivity index (χ4v) is 5.16. The lowest BCUT2D eigenvalue weighted by Crippen LogP contribution is -2.30. The Labute approximate surface area is 167 Å². The zero-order valence-electron chi connectivity index (χ0n) is 15.0. The number of ether oxygens (including phenoxy) is 2. The van der Waals surface area contributed by atoms with Crippen molar-refractivity contribution in [1.82, 2.24) is 0 Å². The van der Waals surface area contributed by atoms with Crippen molar-refractivity contribution in [2.75, 3.05) is 19.5 Å². The highest BCUT2D eigenvalue weighted by Crippen LogP contribution is 2.53. The molecule has 0 unspecified atom stereocenters. The first-order valence-corrected chi connectivity index (χ1v) is 9.85. The summed E-state index contributed by atoms with van der Waals surface area (Å²) in [6.07, 6.45) is 5.60. The maximum Gasteiger partial charge on any atom is 0.174 e. The number of halogens is 2. The van der Waals surface area contributed by atoms with Gasteiger partial charge in [0.1, 0.15) is 0 Å². The molecule has 0 saturated carbocycles. The molecule has 4 rings (SSSR count). The van der Waals surface area contributed by atoms with E-state index < -0.39 is 0 Å². The average Bonchev–Trinajstić information content (AvgIpc) is 3.12. The molecule has 1 aliphatic heterocycles. The number of fused-ring (bicyclic) bond motifs is 3. The number of rotatable bonds is 3. The van der Waals surface area contributed by atoms with Crippen LogP contribution in [0.5, 0.6) is 11.5 Å². The molecule has 1 heterocycles. The summed E-state index contributed by atoms with van der Waals surface area (Å²) in [6.45, 7) is 2.13. The monoisotopic (exact) mass is 433 g/mol. The number of methoxy groups -OCH3 is 2. The molecule has 5 heteroatoms. The molecule has 2 aromatic rings. The minimum absolute atomic E-state index is 0.177. The van der Waals surface area contributed by atoms with E-state index in [1.54, 1.807) is 14.2 Å². The van der Waals surface area contributed by atoms with E-state index in [4.69, 9.17) is 21.1 Å². The molecular weight excluding hydrogens is 414 g/mol. The molecule has 1 aliphatic carbocycles. The lowest BCUT2D eigenvalue weighted by molar-refractivity contribution is 0.351. The van der Waals surface area contributed by atoms with Gasteiger partial charge < -0.3 is 14.8 Å². The largest absolute Gasteiger partial charge is 0.493 e. The average molecular weight is 435 g/mol. The number of benzene rings is 2. The zero-order chi connectivity index (χ0) is 18.4. The molecule has 2 aliphatic rings. The van der Waals surface area contributed by atoms with Crippen molar-refractivity contribution in [1.29, 1.82) is 0 Å².